The number of rotatable bonds is 6. The van der Waals surface area contributed by atoms with Crippen LogP contribution in [0.1, 0.15) is 28.3 Å². The predicted octanol–water partition coefficient (Wildman–Crippen LogP) is 6.20. The van der Waals surface area contributed by atoms with E-state index in [2.05, 4.69) is 63.8 Å². The minimum atomic E-state index is 0.490. The summed E-state index contributed by atoms with van der Waals surface area (Å²) in [6, 6.07) is 27.0. The van der Waals surface area contributed by atoms with E-state index in [1.54, 1.807) is 6.20 Å². The molecule has 6 heteroatoms. The van der Waals surface area contributed by atoms with Crippen LogP contribution in [0.25, 0.3) is 27.9 Å². The number of aromatic amines is 1. The molecule has 1 aliphatic carbocycles. The summed E-state index contributed by atoms with van der Waals surface area (Å²) in [6.07, 6.45) is 6.61. The van der Waals surface area contributed by atoms with Crippen molar-refractivity contribution in [2.75, 3.05) is 5.32 Å². The Morgan fingerprint density at radius 3 is 2.47 bits per heavy atom. The van der Waals surface area contributed by atoms with Crippen molar-refractivity contribution in [3.63, 3.8) is 0 Å². The second-order valence-corrected chi connectivity index (χ2v) is 9.13. The Bertz CT molecular complexity index is 1570. The zero-order valence-electron chi connectivity index (χ0n) is 19.7. The Labute approximate surface area is 209 Å². The van der Waals surface area contributed by atoms with Crippen molar-refractivity contribution in [1.29, 1.82) is 5.41 Å². The molecule has 5 aromatic rings. The van der Waals surface area contributed by atoms with Crippen LogP contribution in [-0.4, -0.2) is 21.2 Å². The molecule has 0 aliphatic heterocycles. The van der Waals surface area contributed by atoms with E-state index >= 15 is 0 Å². The molecule has 1 aliphatic rings. The van der Waals surface area contributed by atoms with Gasteiger partial charge in [-0.05, 0) is 65.3 Å². The lowest BCUT2D eigenvalue weighted by atomic mass is 10.0. The second-order valence-electron chi connectivity index (χ2n) is 9.13. The number of allylic oxidation sites excluding steroid dienone is 1. The summed E-state index contributed by atoms with van der Waals surface area (Å²) in [7, 11) is 0. The van der Waals surface area contributed by atoms with Gasteiger partial charge in [0.05, 0.1) is 0 Å². The van der Waals surface area contributed by atoms with Crippen LogP contribution in [-0.2, 0) is 12.8 Å². The highest BCUT2D eigenvalue weighted by molar-refractivity contribution is 6.08. The second kappa shape index (κ2) is 9.15. The monoisotopic (exact) mass is 470 g/mol. The fraction of sp³-hybridized carbons (Fsp3) is 0.100. The van der Waals surface area contributed by atoms with Gasteiger partial charge in [0.2, 0.25) is 0 Å². The molecule has 0 radical (unpaired) electrons. The van der Waals surface area contributed by atoms with E-state index in [0.29, 0.717) is 23.1 Å². The molecule has 0 unspecified atom stereocenters. The number of nitrogens with two attached hydrogens (primary N) is 1. The molecule has 5 N–H and O–H groups in total. The van der Waals surface area contributed by atoms with Crippen LogP contribution in [0.4, 0.5) is 11.5 Å². The molecule has 6 nitrogen and oxygen atoms in total. The van der Waals surface area contributed by atoms with Crippen molar-refractivity contribution in [3.8, 4) is 11.4 Å². The lowest BCUT2D eigenvalue weighted by Crippen LogP contribution is -1.98. The van der Waals surface area contributed by atoms with Crippen LogP contribution in [0.3, 0.4) is 0 Å². The van der Waals surface area contributed by atoms with Crippen LogP contribution in [0.2, 0.25) is 0 Å². The number of hydrogen-bond acceptors (Lipinski definition) is 5. The third-order valence-electron chi connectivity index (χ3n) is 6.87. The number of H-pyrrole nitrogens is 1. The van der Waals surface area contributed by atoms with E-state index in [9.17, 15) is 0 Å². The Morgan fingerprint density at radius 2 is 1.75 bits per heavy atom. The summed E-state index contributed by atoms with van der Waals surface area (Å²) in [5.41, 5.74) is 14.3. The molecular formula is C30H26N6. The van der Waals surface area contributed by atoms with E-state index in [1.165, 1.54) is 34.6 Å². The van der Waals surface area contributed by atoms with Crippen molar-refractivity contribution in [3.05, 3.63) is 114 Å². The summed E-state index contributed by atoms with van der Waals surface area (Å²) in [5, 5.41) is 12.0. The van der Waals surface area contributed by atoms with Gasteiger partial charge in [-0.1, -0.05) is 48.5 Å². The van der Waals surface area contributed by atoms with Crippen LogP contribution in [0, 0.1) is 5.41 Å². The van der Waals surface area contributed by atoms with Gasteiger partial charge in [0.1, 0.15) is 5.82 Å². The molecule has 0 saturated carbocycles. The molecule has 0 atom stereocenters. The number of benzene rings is 3. The van der Waals surface area contributed by atoms with E-state index in [-0.39, 0.29) is 0 Å². The average molecular weight is 471 g/mol. The van der Waals surface area contributed by atoms with Gasteiger partial charge in [0.25, 0.3) is 0 Å². The molecule has 0 saturated heterocycles. The summed E-state index contributed by atoms with van der Waals surface area (Å²) in [5.74, 6) is 1.87. The number of nitrogens with zero attached hydrogens (tertiary/aromatic N) is 2. The maximum absolute atomic E-state index is 7.45. The minimum Gasteiger partial charge on any atom is -0.404 e. The number of anilines is 2. The van der Waals surface area contributed by atoms with Gasteiger partial charge in [0, 0.05) is 52.6 Å². The van der Waals surface area contributed by atoms with Gasteiger partial charge in [-0.2, -0.15) is 0 Å². The largest absolute Gasteiger partial charge is 0.404 e. The average Bonchev–Trinajstić information content (AvgIpc) is 3.54. The standard InChI is InChI=1S/C30H26N6/c31-17-25(18-32)19-7-9-26(10-8-19)34-29-11-12-33-30(36-29)23-6-5-22-15-28(35-27(22)16-23)24-13-20-3-1-2-4-21(20)14-24/h1-12,15-18,24,31,35H,13-14,32H2,(H,33,34,36). The predicted molar refractivity (Wildman–Crippen MR) is 147 cm³/mol. The lowest BCUT2D eigenvalue weighted by Gasteiger charge is -2.08. The van der Waals surface area contributed by atoms with Crippen LogP contribution in [0.5, 0.6) is 0 Å². The first-order valence-electron chi connectivity index (χ1n) is 12.0. The van der Waals surface area contributed by atoms with E-state index < -0.39 is 0 Å². The topological polar surface area (TPSA) is 103 Å². The van der Waals surface area contributed by atoms with Crippen molar-refractivity contribution in [2.45, 2.75) is 18.8 Å². The molecule has 0 spiro atoms. The third-order valence-corrected chi connectivity index (χ3v) is 6.87. The zero-order valence-corrected chi connectivity index (χ0v) is 19.7. The Morgan fingerprint density at radius 1 is 0.972 bits per heavy atom. The molecule has 3 aromatic carbocycles. The maximum Gasteiger partial charge on any atom is 0.161 e. The smallest absolute Gasteiger partial charge is 0.161 e. The van der Waals surface area contributed by atoms with Crippen LogP contribution in [0.15, 0.2) is 91.3 Å². The van der Waals surface area contributed by atoms with E-state index in [0.717, 1.165) is 35.2 Å². The molecule has 0 amide bonds. The van der Waals surface area contributed by atoms with Crippen LogP contribution >= 0.6 is 0 Å². The Hall–Kier alpha value is -4.71. The first-order valence-corrected chi connectivity index (χ1v) is 12.0. The lowest BCUT2D eigenvalue weighted by molar-refractivity contribution is 0.722. The van der Waals surface area contributed by atoms with Gasteiger partial charge in [0.15, 0.2) is 5.82 Å². The number of hydrogen-bond donors (Lipinski definition) is 4. The Kier molecular flexibility index (Phi) is 5.54. The highest BCUT2D eigenvalue weighted by Crippen LogP contribution is 2.35. The molecule has 2 heterocycles. The SMILES string of the molecule is N=CC(=CN)c1ccc(Nc2ccnc(-c3ccc4cc(C5Cc6ccccc6C5)[nH]c4c3)n2)cc1. The maximum atomic E-state index is 7.45. The van der Waals surface area contributed by atoms with E-state index in [1.807, 2.05) is 30.3 Å². The van der Waals surface area contributed by atoms with Crippen molar-refractivity contribution >= 4 is 34.2 Å². The molecule has 0 fully saturated rings. The molecular weight excluding hydrogens is 444 g/mol. The molecule has 36 heavy (non-hydrogen) atoms. The molecule has 2 aromatic heterocycles. The minimum absolute atomic E-state index is 0.490. The first kappa shape index (κ1) is 21.8. The summed E-state index contributed by atoms with van der Waals surface area (Å²) in [4.78, 5) is 12.9. The number of fused-ring (bicyclic) bond motifs is 2. The van der Waals surface area contributed by atoms with Gasteiger partial charge in [-0.15, -0.1) is 0 Å². The summed E-state index contributed by atoms with van der Waals surface area (Å²) >= 11 is 0. The van der Waals surface area contributed by atoms with Gasteiger partial charge >= 0.3 is 0 Å². The molecule has 6 rings (SSSR count). The van der Waals surface area contributed by atoms with Crippen LogP contribution < -0.4 is 11.1 Å². The number of nitrogens with one attached hydrogen (secondary N) is 3. The van der Waals surface area contributed by atoms with Crippen molar-refractivity contribution in [1.82, 2.24) is 15.0 Å². The highest BCUT2D eigenvalue weighted by Gasteiger charge is 2.23. The molecule has 176 valence electrons. The van der Waals surface area contributed by atoms with Crippen molar-refractivity contribution in [2.24, 2.45) is 5.73 Å². The van der Waals surface area contributed by atoms with Crippen molar-refractivity contribution < 1.29 is 0 Å². The highest BCUT2D eigenvalue weighted by atomic mass is 15.0. The van der Waals surface area contributed by atoms with Gasteiger partial charge in [-0.25, -0.2) is 9.97 Å². The fourth-order valence-electron chi connectivity index (χ4n) is 4.98. The fourth-order valence-corrected chi connectivity index (χ4v) is 4.98. The van der Waals surface area contributed by atoms with E-state index in [4.69, 9.17) is 16.1 Å². The summed E-state index contributed by atoms with van der Waals surface area (Å²) in [6.45, 7) is 0. The zero-order chi connectivity index (χ0) is 24.5. The van der Waals surface area contributed by atoms with Gasteiger partial charge in [-0.3, -0.25) is 0 Å². The molecule has 0 bridgehead atoms. The quantitative estimate of drug-likeness (QED) is 0.222. The Balaban J connectivity index is 1.22. The number of aromatic nitrogens is 3. The van der Waals surface area contributed by atoms with Gasteiger partial charge < -0.3 is 21.4 Å². The third kappa shape index (κ3) is 4.14. The normalized spacial score (nSPS) is 13.6. The summed E-state index contributed by atoms with van der Waals surface area (Å²) < 4.78 is 0. The first-order chi connectivity index (χ1) is 17.7.